The van der Waals surface area contributed by atoms with Gasteiger partial charge in [-0.1, -0.05) is 13.8 Å². The van der Waals surface area contributed by atoms with E-state index in [9.17, 15) is 4.79 Å². The highest BCUT2D eigenvalue weighted by Crippen LogP contribution is 2.39. The van der Waals surface area contributed by atoms with Gasteiger partial charge >= 0.3 is 0 Å². The zero-order valence-corrected chi connectivity index (χ0v) is 8.01. The van der Waals surface area contributed by atoms with Gasteiger partial charge in [-0.2, -0.15) is 12.6 Å². The minimum Gasteiger partial charge on any atom is -0.280 e. The molecule has 0 N–H and O–H groups in total. The third-order valence-corrected chi connectivity index (χ3v) is 2.69. The van der Waals surface area contributed by atoms with Crippen LogP contribution in [-0.4, -0.2) is 9.99 Å². The van der Waals surface area contributed by atoms with Crippen LogP contribution >= 0.6 is 24.2 Å². The number of hydrogen-bond donors (Lipinski definition) is 1. The van der Waals surface area contributed by atoms with Crippen molar-refractivity contribution in [3.63, 3.8) is 0 Å². The maximum Gasteiger partial charge on any atom is 0.237 e. The lowest BCUT2D eigenvalue weighted by molar-refractivity contribution is -0.115. The van der Waals surface area contributed by atoms with Crippen LogP contribution in [0.5, 0.6) is 0 Å². The molecule has 0 radical (unpaired) electrons. The molecule has 0 amide bonds. The molecular weight excluding hydrogens is 168 g/mol. The van der Waals surface area contributed by atoms with Crippen LogP contribution in [0.3, 0.4) is 0 Å². The Kier molecular flexibility index (Phi) is 4.37. The normalized spacial score (nSPS) is 20.0. The Labute approximate surface area is 72.5 Å². The van der Waals surface area contributed by atoms with Gasteiger partial charge in [0, 0.05) is 0 Å². The van der Waals surface area contributed by atoms with Crippen molar-refractivity contribution in [1.29, 1.82) is 0 Å². The summed E-state index contributed by atoms with van der Waals surface area (Å²) in [4.78, 5) is 10.4. The van der Waals surface area contributed by atoms with Gasteiger partial charge < -0.3 is 0 Å². The quantitative estimate of drug-likeness (QED) is 0.485. The predicted octanol–water partition coefficient (Wildman–Crippen LogP) is 2.63. The summed E-state index contributed by atoms with van der Waals surface area (Å²) in [5.74, 6) is 0. The second-order valence-corrected chi connectivity index (χ2v) is 3.36. The Morgan fingerprint density at radius 3 is 1.90 bits per heavy atom. The average Bonchev–Trinajstić information content (AvgIpc) is 1.87. The first kappa shape index (κ1) is 10.3. The van der Waals surface area contributed by atoms with Crippen LogP contribution in [0.4, 0.5) is 0 Å². The van der Waals surface area contributed by atoms with E-state index < -0.39 is 4.75 Å². The first-order chi connectivity index (χ1) is 4.65. The number of halogens is 1. The van der Waals surface area contributed by atoms with Crippen molar-refractivity contribution in [3.05, 3.63) is 0 Å². The van der Waals surface area contributed by atoms with Crippen LogP contribution in [0.25, 0.3) is 0 Å². The lowest BCUT2D eigenvalue weighted by atomic mass is 9.85. The molecule has 3 heteroatoms. The molecule has 1 fully saturated rings. The zero-order valence-electron chi connectivity index (χ0n) is 6.35. The number of hydrogen-bond acceptors (Lipinski definition) is 2. The van der Waals surface area contributed by atoms with E-state index in [1.54, 1.807) is 0 Å². The summed E-state index contributed by atoms with van der Waals surface area (Å²) in [5, 5.41) is -0.299. The molecule has 60 valence electrons. The van der Waals surface area contributed by atoms with Crippen LogP contribution in [-0.2, 0) is 4.79 Å². The Balaban J connectivity index is 0.000000371. The lowest BCUT2D eigenvalue weighted by Crippen LogP contribution is -2.36. The van der Waals surface area contributed by atoms with E-state index in [1.165, 1.54) is 0 Å². The number of carbonyl (C=O) groups excluding carboxylic acids is 1. The summed E-state index contributed by atoms with van der Waals surface area (Å²) < 4.78 is -0.457. The highest BCUT2D eigenvalue weighted by molar-refractivity contribution is 7.83. The van der Waals surface area contributed by atoms with E-state index in [1.807, 2.05) is 13.8 Å². The fourth-order valence-corrected chi connectivity index (χ4v) is 1.21. The summed E-state index contributed by atoms with van der Waals surface area (Å²) in [6.45, 7) is 4.00. The first-order valence-corrected chi connectivity index (χ1v) is 4.40. The maximum absolute atomic E-state index is 10.4. The molecule has 0 atom stereocenters. The van der Waals surface area contributed by atoms with Gasteiger partial charge in [-0.15, -0.1) is 0 Å². The second kappa shape index (κ2) is 4.24. The van der Waals surface area contributed by atoms with Crippen molar-refractivity contribution in [2.24, 2.45) is 0 Å². The molecule has 0 aliphatic heterocycles. The molecule has 10 heavy (non-hydrogen) atoms. The molecule has 0 heterocycles. The smallest absolute Gasteiger partial charge is 0.237 e. The molecule has 0 unspecified atom stereocenters. The number of rotatable bonds is 1. The van der Waals surface area contributed by atoms with Gasteiger partial charge in [-0.05, 0) is 30.9 Å². The van der Waals surface area contributed by atoms with E-state index >= 15 is 0 Å². The number of thiol groups is 1. The van der Waals surface area contributed by atoms with Crippen molar-refractivity contribution in [3.8, 4) is 0 Å². The molecule has 1 nitrogen and oxygen atoms in total. The largest absolute Gasteiger partial charge is 0.280 e. The molecule has 1 saturated carbocycles. The Morgan fingerprint density at radius 2 is 1.90 bits per heavy atom. The van der Waals surface area contributed by atoms with E-state index in [0.717, 1.165) is 19.3 Å². The Hall–Kier alpha value is 0.310. The molecule has 1 aliphatic carbocycles. The second-order valence-electron chi connectivity index (χ2n) is 2.16. The van der Waals surface area contributed by atoms with Gasteiger partial charge in [0.25, 0.3) is 0 Å². The van der Waals surface area contributed by atoms with E-state index in [0.29, 0.717) is 0 Å². The molecule has 1 rings (SSSR count). The molecule has 0 saturated heterocycles. The molecule has 0 aromatic rings. The van der Waals surface area contributed by atoms with Gasteiger partial charge in [0.15, 0.2) is 0 Å². The maximum atomic E-state index is 10.4. The minimum absolute atomic E-state index is 0.299. The van der Waals surface area contributed by atoms with Crippen molar-refractivity contribution in [2.45, 2.75) is 37.9 Å². The summed E-state index contributed by atoms with van der Waals surface area (Å²) >= 11 is 9.29. The topological polar surface area (TPSA) is 17.1 Å². The van der Waals surface area contributed by atoms with Crippen LogP contribution in [0.2, 0.25) is 0 Å². The van der Waals surface area contributed by atoms with Crippen LogP contribution in [0, 0.1) is 0 Å². The highest BCUT2D eigenvalue weighted by atomic mass is 35.5. The molecule has 0 aromatic carbocycles. The van der Waals surface area contributed by atoms with Crippen LogP contribution in [0.1, 0.15) is 33.1 Å². The fourth-order valence-electron chi connectivity index (χ4n) is 0.708. The SMILES string of the molecule is CC.O=C(Cl)C1(S)CCC1. The van der Waals surface area contributed by atoms with Crippen molar-refractivity contribution < 1.29 is 4.79 Å². The third-order valence-electron chi connectivity index (χ3n) is 1.55. The van der Waals surface area contributed by atoms with E-state index in [-0.39, 0.29) is 5.24 Å². The van der Waals surface area contributed by atoms with E-state index in [2.05, 4.69) is 12.6 Å². The average molecular weight is 181 g/mol. The summed E-state index contributed by atoms with van der Waals surface area (Å²) in [6.07, 6.45) is 2.78. The van der Waals surface area contributed by atoms with Gasteiger partial charge in [0.05, 0.1) is 4.75 Å². The lowest BCUT2D eigenvalue weighted by Gasteiger charge is -2.32. The van der Waals surface area contributed by atoms with Gasteiger partial charge in [-0.3, -0.25) is 4.79 Å². The molecule has 0 bridgehead atoms. The first-order valence-electron chi connectivity index (χ1n) is 3.57. The molecular formula is C7H13ClOS. The molecule has 0 spiro atoms. The standard InChI is InChI=1S/C5H7ClOS.C2H6/c6-4(7)5(8)2-1-3-5;1-2/h8H,1-3H2;1-2H3. The van der Waals surface area contributed by atoms with Crippen LogP contribution in [0.15, 0.2) is 0 Å². The Morgan fingerprint density at radius 1 is 1.50 bits per heavy atom. The van der Waals surface area contributed by atoms with E-state index in [4.69, 9.17) is 11.6 Å². The van der Waals surface area contributed by atoms with Gasteiger partial charge in [0.1, 0.15) is 0 Å². The summed E-state index contributed by atoms with van der Waals surface area (Å²) in [7, 11) is 0. The zero-order chi connectivity index (χ0) is 8.20. The minimum atomic E-state index is -0.457. The third kappa shape index (κ3) is 2.17. The molecule has 0 aromatic heterocycles. The van der Waals surface area contributed by atoms with Crippen LogP contribution < -0.4 is 0 Å². The monoisotopic (exact) mass is 180 g/mol. The summed E-state index contributed by atoms with van der Waals surface area (Å²) in [6, 6.07) is 0. The van der Waals surface area contributed by atoms with Crippen molar-refractivity contribution >= 4 is 29.5 Å². The van der Waals surface area contributed by atoms with Crippen molar-refractivity contribution in [1.82, 2.24) is 0 Å². The van der Waals surface area contributed by atoms with Gasteiger partial charge in [-0.25, -0.2) is 0 Å². The number of carbonyl (C=O) groups is 1. The van der Waals surface area contributed by atoms with Gasteiger partial charge in [0.2, 0.25) is 5.24 Å². The fraction of sp³-hybridized carbons (Fsp3) is 0.857. The van der Waals surface area contributed by atoms with Crippen molar-refractivity contribution in [2.75, 3.05) is 0 Å². The summed E-state index contributed by atoms with van der Waals surface area (Å²) in [5.41, 5.74) is 0. The molecule has 1 aliphatic rings. The predicted molar refractivity (Wildman–Crippen MR) is 47.8 cm³/mol. The highest BCUT2D eigenvalue weighted by Gasteiger charge is 2.39. The Bertz CT molecular complexity index is 121.